The van der Waals surface area contributed by atoms with Gasteiger partial charge in [-0.25, -0.2) is 4.98 Å². The summed E-state index contributed by atoms with van der Waals surface area (Å²) in [5.74, 6) is -0.102. The molecule has 126 valence electrons. The third-order valence-corrected chi connectivity index (χ3v) is 3.95. The Hall–Kier alpha value is -2.70. The highest BCUT2D eigenvalue weighted by Gasteiger charge is 2.26. The first-order chi connectivity index (χ1) is 11.4. The van der Waals surface area contributed by atoms with Gasteiger partial charge in [0.25, 0.3) is 0 Å². The molecule has 0 bridgehead atoms. The average Bonchev–Trinajstić information content (AvgIpc) is 3.13. The van der Waals surface area contributed by atoms with E-state index in [4.69, 9.17) is 0 Å². The van der Waals surface area contributed by atoms with E-state index in [-0.39, 0.29) is 23.9 Å². The van der Waals surface area contributed by atoms with Crippen LogP contribution in [-0.4, -0.2) is 36.5 Å². The predicted molar refractivity (Wildman–Crippen MR) is 91.1 cm³/mol. The second-order valence-corrected chi connectivity index (χ2v) is 6.96. The number of hydrogen-bond donors (Lipinski definition) is 1. The molecule has 0 aliphatic heterocycles. The SMILES string of the molecule is CC(C)(C)C(Cn1ccnc1)NC(=O)Cn1nc2ccccc2n1. The summed E-state index contributed by atoms with van der Waals surface area (Å²) in [4.78, 5) is 17.9. The van der Waals surface area contributed by atoms with E-state index in [2.05, 4.69) is 41.3 Å². The van der Waals surface area contributed by atoms with Crippen molar-refractivity contribution in [3.63, 3.8) is 0 Å². The minimum atomic E-state index is -0.102. The fraction of sp³-hybridized carbons (Fsp3) is 0.412. The maximum Gasteiger partial charge on any atom is 0.243 e. The minimum absolute atomic E-state index is 0.0239. The summed E-state index contributed by atoms with van der Waals surface area (Å²) >= 11 is 0. The van der Waals surface area contributed by atoms with E-state index in [1.165, 1.54) is 4.80 Å². The maximum absolute atomic E-state index is 12.4. The molecule has 1 atom stereocenters. The molecule has 0 fully saturated rings. The molecule has 0 radical (unpaired) electrons. The van der Waals surface area contributed by atoms with Gasteiger partial charge in [0.2, 0.25) is 5.91 Å². The topological polar surface area (TPSA) is 77.6 Å². The lowest BCUT2D eigenvalue weighted by Gasteiger charge is -2.31. The van der Waals surface area contributed by atoms with Gasteiger partial charge in [-0.3, -0.25) is 4.79 Å². The first-order valence-corrected chi connectivity index (χ1v) is 7.97. The van der Waals surface area contributed by atoms with Gasteiger partial charge in [0.1, 0.15) is 17.6 Å². The van der Waals surface area contributed by atoms with Gasteiger partial charge >= 0.3 is 0 Å². The van der Waals surface area contributed by atoms with Crippen molar-refractivity contribution in [3.8, 4) is 0 Å². The second-order valence-electron chi connectivity index (χ2n) is 6.96. The van der Waals surface area contributed by atoms with E-state index in [0.717, 1.165) is 11.0 Å². The lowest BCUT2D eigenvalue weighted by molar-refractivity contribution is -0.123. The molecule has 3 rings (SSSR count). The Morgan fingerprint density at radius 1 is 1.21 bits per heavy atom. The van der Waals surface area contributed by atoms with Gasteiger partial charge in [0, 0.05) is 18.9 Å². The standard InChI is InChI=1S/C17H22N6O/c1-17(2,3)15(10-22-9-8-18-12-22)19-16(24)11-23-20-13-6-4-5-7-14(13)21-23/h4-9,12,15H,10-11H2,1-3H3,(H,19,24). The van der Waals surface area contributed by atoms with Crippen LogP contribution in [0.2, 0.25) is 0 Å². The first kappa shape index (κ1) is 16.2. The molecule has 3 aromatic rings. The Morgan fingerprint density at radius 2 is 1.88 bits per heavy atom. The fourth-order valence-electron chi connectivity index (χ4n) is 2.49. The van der Waals surface area contributed by atoms with Crippen molar-refractivity contribution >= 4 is 16.9 Å². The van der Waals surface area contributed by atoms with Crippen molar-refractivity contribution in [1.29, 1.82) is 0 Å². The normalized spacial score (nSPS) is 13.1. The molecule has 2 aromatic heterocycles. The van der Waals surface area contributed by atoms with Crippen LogP contribution in [-0.2, 0) is 17.9 Å². The third kappa shape index (κ3) is 3.79. The van der Waals surface area contributed by atoms with Gasteiger partial charge in [-0.05, 0) is 17.5 Å². The van der Waals surface area contributed by atoms with E-state index in [9.17, 15) is 4.79 Å². The molecule has 1 unspecified atom stereocenters. The second kappa shape index (κ2) is 6.43. The van der Waals surface area contributed by atoms with Crippen molar-refractivity contribution in [2.75, 3.05) is 0 Å². The zero-order chi connectivity index (χ0) is 17.2. The molecule has 0 aliphatic rings. The van der Waals surface area contributed by atoms with Crippen LogP contribution in [0.1, 0.15) is 20.8 Å². The van der Waals surface area contributed by atoms with Gasteiger partial charge in [-0.1, -0.05) is 32.9 Å². The Kier molecular flexibility index (Phi) is 4.33. The molecule has 7 nitrogen and oxygen atoms in total. The van der Waals surface area contributed by atoms with E-state index in [1.807, 2.05) is 35.0 Å². The molecule has 24 heavy (non-hydrogen) atoms. The lowest BCUT2D eigenvalue weighted by atomic mass is 9.86. The molecular weight excluding hydrogens is 304 g/mol. The van der Waals surface area contributed by atoms with Crippen LogP contribution in [0.3, 0.4) is 0 Å². The zero-order valence-electron chi connectivity index (χ0n) is 14.2. The summed E-state index contributed by atoms with van der Waals surface area (Å²) in [5.41, 5.74) is 1.49. The Morgan fingerprint density at radius 3 is 2.42 bits per heavy atom. The zero-order valence-corrected chi connectivity index (χ0v) is 14.2. The van der Waals surface area contributed by atoms with E-state index in [0.29, 0.717) is 6.54 Å². The van der Waals surface area contributed by atoms with Crippen molar-refractivity contribution in [2.24, 2.45) is 5.41 Å². The van der Waals surface area contributed by atoms with E-state index >= 15 is 0 Å². The van der Waals surface area contributed by atoms with Crippen molar-refractivity contribution in [2.45, 2.75) is 39.9 Å². The van der Waals surface area contributed by atoms with E-state index < -0.39 is 0 Å². The largest absolute Gasteiger partial charge is 0.349 e. The average molecular weight is 326 g/mol. The number of nitrogens with one attached hydrogen (secondary N) is 1. The van der Waals surface area contributed by atoms with Crippen LogP contribution in [0.25, 0.3) is 11.0 Å². The third-order valence-electron chi connectivity index (χ3n) is 3.95. The molecule has 1 N–H and O–H groups in total. The summed E-state index contributed by atoms with van der Waals surface area (Å²) in [7, 11) is 0. The van der Waals surface area contributed by atoms with Crippen LogP contribution >= 0.6 is 0 Å². The summed E-state index contributed by atoms with van der Waals surface area (Å²) in [6.45, 7) is 7.09. The van der Waals surface area contributed by atoms with Crippen LogP contribution in [0, 0.1) is 5.41 Å². The number of nitrogens with zero attached hydrogens (tertiary/aromatic N) is 5. The Labute approximate surface area is 140 Å². The van der Waals surface area contributed by atoms with E-state index in [1.54, 1.807) is 12.5 Å². The van der Waals surface area contributed by atoms with Gasteiger partial charge in [-0.2, -0.15) is 15.0 Å². The maximum atomic E-state index is 12.4. The monoisotopic (exact) mass is 326 g/mol. The Bertz CT molecular complexity index is 782. The van der Waals surface area contributed by atoms with Gasteiger partial charge in [0.15, 0.2) is 0 Å². The highest BCUT2D eigenvalue weighted by Crippen LogP contribution is 2.20. The lowest BCUT2D eigenvalue weighted by Crippen LogP contribution is -2.47. The number of imidazole rings is 1. The molecule has 7 heteroatoms. The molecule has 1 amide bonds. The van der Waals surface area contributed by atoms with Crippen LogP contribution in [0.15, 0.2) is 43.0 Å². The quantitative estimate of drug-likeness (QED) is 0.776. The van der Waals surface area contributed by atoms with Crippen LogP contribution < -0.4 is 5.32 Å². The van der Waals surface area contributed by atoms with Crippen LogP contribution in [0.5, 0.6) is 0 Å². The number of benzene rings is 1. The number of carbonyl (C=O) groups is 1. The van der Waals surface area contributed by atoms with Crippen LogP contribution in [0.4, 0.5) is 0 Å². The number of rotatable bonds is 5. The van der Waals surface area contributed by atoms with Gasteiger partial charge < -0.3 is 9.88 Å². The molecule has 0 saturated heterocycles. The minimum Gasteiger partial charge on any atom is -0.349 e. The van der Waals surface area contributed by atoms with Crippen molar-refractivity contribution in [1.82, 2.24) is 29.9 Å². The molecule has 2 heterocycles. The number of aromatic nitrogens is 5. The molecule has 0 aliphatic carbocycles. The number of hydrogen-bond acceptors (Lipinski definition) is 4. The summed E-state index contributed by atoms with van der Waals surface area (Å²) < 4.78 is 1.97. The van der Waals surface area contributed by atoms with Crippen molar-refractivity contribution in [3.05, 3.63) is 43.0 Å². The highest BCUT2D eigenvalue weighted by atomic mass is 16.2. The van der Waals surface area contributed by atoms with Gasteiger partial charge in [-0.15, -0.1) is 0 Å². The smallest absolute Gasteiger partial charge is 0.243 e. The highest BCUT2D eigenvalue weighted by molar-refractivity contribution is 5.77. The molecule has 1 aromatic carbocycles. The molecular formula is C17H22N6O. The predicted octanol–water partition coefficient (Wildman–Crippen LogP) is 1.86. The molecule has 0 spiro atoms. The number of amides is 1. The summed E-state index contributed by atoms with van der Waals surface area (Å²) in [6.07, 6.45) is 5.39. The molecule has 0 saturated carbocycles. The Balaban J connectivity index is 1.68. The summed E-state index contributed by atoms with van der Waals surface area (Å²) in [6, 6.07) is 7.55. The number of fused-ring (bicyclic) bond motifs is 1. The van der Waals surface area contributed by atoms with Crippen molar-refractivity contribution < 1.29 is 4.79 Å². The number of carbonyl (C=O) groups excluding carboxylic acids is 1. The first-order valence-electron chi connectivity index (χ1n) is 7.97. The van der Waals surface area contributed by atoms with Gasteiger partial charge in [0.05, 0.1) is 12.4 Å². The summed E-state index contributed by atoms with van der Waals surface area (Å²) in [5, 5.41) is 11.8. The fourth-order valence-corrected chi connectivity index (χ4v) is 2.49.